The minimum atomic E-state index is -0.685. The maximum Gasteiger partial charge on any atom is 0.318 e. The van der Waals surface area contributed by atoms with Gasteiger partial charge in [-0.25, -0.2) is 4.79 Å². The Kier molecular flexibility index (Phi) is 16.4. The molecule has 0 spiro atoms. The van der Waals surface area contributed by atoms with E-state index < -0.39 is 6.04 Å². The van der Waals surface area contributed by atoms with Gasteiger partial charge in [-0.2, -0.15) is 5.26 Å². The molecule has 322 valence electrons. The first-order chi connectivity index (χ1) is 30.7. The van der Waals surface area contributed by atoms with Crippen LogP contribution >= 0.6 is 23.2 Å². The molecule has 3 amide bonds. The first kappa shape index (κ1) is 45.5. The van der Waals surface area contributed by atoms with Crippen molar-refractivity contribution < 1.29 is 33.7 Å². The molecular weight excluding hydrogens is 839 g/mol. The van der Waals surface area contributed by atoms with Crippen molar-refractivity contribution in [1.82, 2.24) is 15.5 Å². The van der Waals surface area contributed by atoms with Gasteiger partial charge in [0, 0.05) is 26.1 Å². The predicted molar refractivity (Wildman–Crippen MR) is 243 cm³/mol. The number of carbonyl (C=O) groups excluding carboxylic acids is 2. The van der Waals surface area contributed by atoms with Gasteiger partial charge in [-0.3, -0.25) is 9.59 Å². The highest BCUT2D eigenvalue weighted by Gasteiger charge is 2.36. The Hall–Kier alpha value is -7.00. The average Bonchev–Trinajstić information content (AvgIpc) is 3.32. The molecule has 2 unspecified atom stereocenters. The molecule has 8 rings (SSSR count). The molecule has 2 aliphatic rings. The van der Waals surface area contributed by atoms with E-state index in [0.29, 0.717) is 72.0 Å². The van der Waals surface area contributed by atoms with Crippen LogP contribution in [-0.2, 0) is 35.6 Å². The van der Waals surface area contributed by atoms with Crippen LogP contribution in [0.3, 0.4) is 0 Å². The van der Waals surface area contributed by atoms with Gasteiger partial charge in [0.1, 0.15) is 25.0 Å². The van der Waals surface area contributed by atoms with E-state index in [4.69, 9.17) is 52.6 Å². The maximum atomic E-state index is 13.6. The fourth-order valence-electron chi connectivity index (χ4n) is 7.02. The third kappa shape index (κ3) is 12.5. The number of urea groups is 1. The van der Waals surface area contributed by atoms with Crippen LogP contribution in [0.4, 0.5) is 4.79 Å². The van der Waals surface area contributed by atoms with E-state index in [2.05, 4.69) is 16.7 Å². The van der Waals surface area contributed by atoms with E-state index in [9.17, 15) is 9.59 Å². The molecule has 0 aliphatic carbocycles. The summed E-state index contributed by atoms with van der Waals surface area (Å²) >= 11 is 12.2. The number of amides is 3. The summed E-state index contributed by atoms with van der Waals surface area (Å²) < 4.78 is 18.6. The highest BCUT2D eigenvalue weighted by atomic mass is 35.5. The molecule has 2 aliphatic heterocycles. The molecular formula is C50H46Cl2N4O7. The Morgan fingerprint density at radius 3 is 2.06 bits per heavy atom. The second kappa shape index (κ2) is 22.7. The average molecular weight is 886 g/mol. The Balaban J connectivity index is 0.000000661. The van der Waals surface area contributed by atoms with Crippen LogP contribution < -0.4 is 24.8 Å². The molecule has 0 bridgehead atoms. The van der Waals surface area contributed by atoms with Crippen LogP contribution in [0.25, 0.3) is 11.1 Å². The number of hydrogen-bond donors (Lipinski definition) is 3. The van der Waals surface area contributed by atoms with E-state index in [1.165, 1.54) is 0 Å². The summed E-state index contributed by atoms with van der Waals surface area (Å²) in [6, 6.07) is 45.7. The molecule has 0 radical (unpaired) electrons. The number of carboxylic acid groups (broad SMARTS) is 1. The molecule has 0 fully saturated rings. The number of hydrogen-bond acceptors (Lipinski definition) is 7. The van der Waals surface area contributed by atoms with Gasteiger partial charge in [-0.1, -0.05) is 114 Å². The molecule has 2 atom stereocenters. The van der Waals surface area contributed by atoms with Crippen LogP contribution in [0.15, 0.2) is 140 Å². The van der Waals surface area contributed by atoms with Gasteiger partial charge in [-0.05, 0) is 101 Å². The summed E-state index contributed by atoms with van der Waals surface area (Å²) in [6.45, 7) is 3.39. The van der Waals surface area contributed by atoms with Gasteiger partial charge in [0.2, 0.25) is 5.91 Å². The summed E-state index contributed by atoms with van der Waals surface area (Å²) in [7, 11) is 0. The minimum absolute atomic E-state index is 0.208. The van der Waals surface area contributed by atoms with Crippen molar-refractivity contribution in [3.8, 4) is 34.4 Å². The zero-order valence-corrected chi connectivity index (χ0v) is 36.0. The van der Waals surface area contributed by atoms with Gasteiger partial charge >= 0.3 is 6.03 Å². The number of nitrogens with zero attached hydrogens (tertiary/aromatic N) is 2. The van der Waals surface area contributed by atoms with Crippen molar-refractivity contribution in [2.75, 3.05) is 19.7 Å². The zero-order chi connectivity index (χ0) is 44.6. The molecule has 11 nitrogen and oxygen atoms in total. The molecule has 6 aromatic carbocycles. The Morgan fingerprint density at radius 2 is 1.44 bits per heavy atom. The third-order valence-electron chi connectivity index (χ3n) is 10.3. The van der Waals surface area contributed by atoms with Gasteiger partial charge < -0.3 is 34.9 Å². The molecule has 3 N–H and O–H groups in total. The maximum absolute atomic E-state index is 13.6. The van der Waals surface area contributed by atoms with Crippen molar-refractivity contribution in [3.63, 3.8) is 0 Å². The standard InChI is InChI=1S/C43H38Cl2N4O5.C6H6.CH2O2/c1-2-47-43(51)49-24-34-22-40-39(53-26-41(54-40)32-12-14-35(15-13-32)52-25-29-7-16-36(44)37(45)19-29)21-33(34)20-38(49)42(50)48-18-17-27-3-8-30(9-4-27)31-10-5-28(23-46)6-11-31;1-2-4-6-5-3-1;2-1-3/h3-16,19,21-22,38,41H,2,17-18,20,24-26H2,1H3,(H,47,51)(H,48,50);1-6H;1H,(H,2,3). The fraction of sp³-hybridized carbons (Fsp3) is 0.200. The van der Waals surface area contributed by atoms with Crippen LogP contribution in [0.1, 0.15) is 46.4 Å². The van der Waals surface area contributed by atoms with Gasteiger partial charge in [0.05, 0.1) is 21.7 Å². The summed E-state index contributed by atoms with van der Waals surface area (Å²) in [5.74, 6) is 1.70. The second-order valence-electron chi connectivity index (χ2n) is 14.5. The Labute approximate surface area is 376 Å². The first-order valence-electron chi connectivity index (χ1n) is 20.3. The Bertz CT molecular complexity index is 2470. The summed E-state index contributed by atoms with van der Waals surface area (Å²) in [5.41, 5.74) is 7.48. The lowest BCUT2D eigenvalue weighted by atomic mass is 9.92. The number of fused-ring (bicyclic) bond motifs is 2. The number of nitriles is 1. The molecule has 0 saturated heterocycles. The smallest absolute Gasteiger partial charge is 0.318 e. The summed E-state index contributed by atoms with van der Waals surface area (Å²) in [5, 5.41) is 22.9. The highest BCUT2D eigenvalue weighted by molar-refractivity contribution is 6.42. The van der Waals surface area contributed by atoms with Crippen LogP contribution in [0, 0.1) is 11.3 Å². The van der Waals surface area contributed by atoms with E-state index in [1.807, 2.05) is 122 Å². The number of benzene rings is 6. The van der Waals surface area contributed by atoms with E-state index in [0.717, 1.165) is 38.9 Å². The lowest BCUT2D eigenvalue weighted by molar-refractivity contribution is -0.126. The van der Waals surface area contributed by atoms with Crippen molar-refractivity contribution in [2.45, 2.75) is 45.1 Å². The van der Waals surface area contributed by atoms with Crippen molar-refractivity contribution in [2.24, 2.45) is 0 Å². The molecule has 63 heavy (non-hydrogen) atoms. The van der Waals surface area contributed by atoms with E-state index in [1.54, 1.807) is 29.2 Å². The SMILES string of the molecule is CCNC(=O)N1Cc2cc3c(cc2CC1C(=O)NCCc1ccc(-c2ccc(C#N)cc2)cc1)OCC(c1ccc(OCc2ccc(Cl)c(Cl)c2)cc1)O3.O=CO.c1ccccc1. The molecule has 6 aromatic rings. The summed E-state index contributed by atoms with van der Waals surface area (Å²) in [6.07, 6.45) is 0.646. The first-order valence-corrected chi connectivity index (χ1v) is 21.1. The molecule has 13 heteroatoms. The normalized spacial score (nSPS) is 14.5. The molecule has 0 saturated carbocycles. The van der Waals surface area contributed by atoms with Crippen LogP contribution in [0.2, 0.25) is 10.0 Å². The molecule has 2 heterocycles. The number of ether oxygens (including phenoxy) is 3. The van der Waals surface area contributed by atoms with E-state index in [-0.39, 0.29) is 31.1 Å². The predicted octanol–water partition coefficient (Wildman–Crippen LogP) is 9.83. The number of halogens is 2. The fourth-order valence-corrected chi connectivity index (χ4v) is 7.35. The largest absolute Gasteiger partial charge is 0.489 e. The van der Waals surface area contributed by atoms with Crippen molar-refractivity contribution in [1.29, 1.82) is 5.26 Å². The number of nitrogens with one attached hydrogen (secondary N) is 2. The van der Waals surface area contributed by atoms with Gasteiger partial charge in [0.15, 0.2) is 17.6 Å². The van der Waals surface area contributed by atoms with Gasteiger partial charge in [-0.15, -0.1) is 0 Å². The topological polar surface area (TPSA) is 150 Å². The van der Waals surface area contributed by atoms with Gasteiger partial charge in [0.25, 0.3) is 6.47 Å². The minimum Gasteiger partial charge on any atom is -0.489 e. The second-order valence-corrected chi connectivity index (χ2v) is 15.3. The Morgan fingerprint density at radius 1 is 0.825 bits per heavy atom. The van der Waals surface area contributed by atoms with E-state index >= 15 is 0 Å². The zero-order valence-electron chi connectivity index (χ0n) is 34.5. The highest BCUT2D eigenvalue weighted by Crippen LogP contribution is 2.41. The lowest BCUT2D eigenvalue weighted by Gasteiger charge is -2.37. The van der Waals surface area contributed by atoms with Crippen molar-refractivity contribution in [3.05, 3.63) is 183 Å². The monoisotopic (exact) mass is 884 g/mol. The van der Waals surface area contributed by atoms with Crippen LogP contribution in [0.5, 0.6) is 17.2 Å². The van der Waals surface area contributed by atoms with Crippen molar-refractivity contribution >= 4 is 41.6 Å². The quantitative estimate of drug-likeness (QED) is 0.115. The van der Waals surface area contributed by atoms with Crippen LogP contribution in [-0.4, -0.2) is 54.2 Å². The lowest BCUT2D eigenvalue weighted by Crippen LogP contribution is -2.55. The summed E-state index contributed by atoms with van der Waals surface area (Å²) in [4.78, 5) is 36.8. The number of carbonyl (C=O) groups is 3. The molecule has 0 aromatic heterocycles. The third-order valence-corrected chi connectivity index (χ3v) is 11.0. The number of rotatable bonds is 10.